The summed E-state index contributed by atoms with van der Waals surface area (Å²) in [4.78, 5) is 10.4. The molecule has 0 aromatic rings. The average Bonchev–Trinajstić information content (AvgIpc) is 2.03. The fourth-order valence-corrected chi connectivity index (χ4v) is 0.728. The maximum atomic E-state index is 10.4. The topological polar surface area (TPSA) is 41.1 Å². The first kappa shape index (κ1) is 11.5. The molecule has 0 atom stereocenters. The standard InChI is InChI=1S/C8H15ClN2O/c1-7(5-9)6-10-3-4-11-8(2)12/h5,10H,3-4,6H2,1-2H3,(H,11,12). The quantitative estimate of drug-likeness (QED) is 0.632. The van der Waals surface area contributed by atoms with E-state index in [4.69, 9.17) is 11.6 Å². The van der Waals surface area contributed by atoms with Gasteiger partial charge in [-0.2, -0.15) is 0 Å². The maximum Gasteiger partial charge on any atom is 0.216 e. The first-order chi connectivity index (χ1) is 5.66. The fourth-order valence-electron chi connectivity index (χ4n) is 0.651. The highest BCUT2D eigenvalue weighted by Crippen LogP contribution is 1.90. The number of halogens is 1. The summed E-state index contributed by atoms with van der Waals surface area (Å²) in [6.07, 6.45) is 0. The second-order valence-electron chi connectivity index (χ2n) is 2.62. The van der Waals surface area contributed by atoms with Gasteiger partial charge in [0.15, 0.2) is 0 Å². The van der Waals surface area contributed by atoms with Gasteiger partial charge in [-0.05, 0) is 12.5 Å². The van der Waals surface area contributed by atoms with Crippen molar-refractivity contribution in [3.8, 4) is 0 Å². The van der Waals surface area contributed by atoms with Crippen LogP contribution in [0, 0.1) is 0 Å². The predicted molar refractivity (Wildman–Crippen MR) is 51.2 cm³/mol. The van der Waals surface area contributed by atoms with Gasteiger partial charge in [0.05, 0.1) is 0 Å². The van der Waals surface area contributed by atoms with Crippen molar-refractivity contribution in [1.82, 2.24) is 10.6 Å². The highest BCUT2D eigenvalue weighted by atomic mass is 35.5. The Hall–Kier alpha value is -0.540. The molecule has 12 heavy (non-hydrogen) atoms. The minimum Gasteiger partial charge on any atom is -0.355 e. The molecule has 0 heterocycles. The molecule has 0 radical (unpaired) electrons. The molecule has 0 aromatic carbocycles. The Bertz CT molecular complexity index is 168. The molecule has 0 aliphatic heterocycles. The van der Waals surface area contributed by atoms with E-state index < -0.39 is 0 Å². The van der Waals surface area contributed by atoms with E-state index in [0.717, 1.165) is 18.7 Å². The van der Waals surface area contributed by atoms with Crippen LogP contribution in [0.3, 0.4) is 0 Å². The zero-order chi connectivity index (χ0) is 9.40. The molecule has 0 bridgehead atoms. The van der Waals surface area contributed by atoms with Crippen LogP contribution < -0.4 is 10.6 Å². The van der Waals surface area contributed by atoms with Gasteiger partial charge in [0, 0.05) is 32.1 Å². The fraction of sp³-hybridized carbons (Fsp3) is 0.625. The van der Waals surface area contributed by atoms with Crippen molar-refractivity contribution in [2.24, 2.45) is 0 Å². The Morgan fingerprint density at radius 1 is 1.42 bits per heavy atom. The smallest absolute Gasteiger partial charge is 0.216 e. The number of nitrogens with one attached hydrogen (secondary N) is 2. The zero-order valence-electron chi connectivity index (χ0n) is 7.48. The van der Waals surface area contributed by atoms with Gasteiger partial charge < -0.3 is 10.6 Å². The van der Waals surface area contributed by atoms with Gasteiger partial charge in [-0.15, -0.1) is 0 Å². The van der Waals surface area contributed by atoms with Gasteiger partial charge in [0.25, 0.3) is 0 Å². The normalized spacial score (nSPS) is 11.4. The summed E-state index contributed by atoms with van der Waals surface area (Å²) in [6, 6.07) is 0. The lowest BCUT2D eigenvalue weighted by Crippen LogP contribution is -2.30. The van der Waals surface area contributed by atoms with Crippen LogP contribution in [-0.2, 0) is 4.79 Å². The predicted octanol–water partition coefficient (Wildman–Crippen LogP) is 0.855. The third-order valence-electron chi connectivity index (χ3n) is 1.27. The van der Waals surface area contributed by atoms with Crippen LogP contribution in [0.1, 0.15) is 13.8 Å². The molecule has 0 spiro atoms. The molecule has 4 heteroatoms. The SMILES string of the molecule is CC(=O)NCCNCC(C)=CCl. The van der Waals surface area contributed by atoms with Crippen molar-refractivity contribution in [2.75, 3.05) is 19.6 Å². The van der Waals surface area contributed by atoms with Crippen LogP contribution in [0.15, 0.2) is 11.1 Å². The first-order valence-corrected chi connectivity index (χ1v) is 4.31. The summed E-state index contributed by atoms with van der Waals surface area (Å²) < 4.78 is 0. The van der Waals surface area contributed by atoms with E-state index in [-0.39, 0.29) is 5.91 Å². The molecule has 0 aromatic heterocycles. The van der Waals surface area contributed by atoms with Gasteiger partial charge in [-0.25, -0.2) is 0 Å². The second-order valence-corrected chi connectivity index (χ2v) is 2.83. The van der Waals surface area contributed by atoms with Gasteiger partial charge in [0.2, 0.25) is 5.91 Å². The van der Waals surface area contributed by atoms with Gasteiger partial charge >= 0.3 is 0 Å². The van der Waals surface area contributed by atoms with Crippen LogP contribution in [0.25, 0.3) is 0 Å². The van der Waals surface area contributed by atoms with E-state index in [1.807, 2.05) is 6.92 Å². The molecular weight excluding hydrogens is 176 g/mol. The maximum absolute atomic E-state index is 10.4. The summed E-state index contributed by atoms with van der Waals surface area (Å²) in [7, 11) is 0. The van der Waals surface area contributed by atoms with Gasteiger partial charge in [-0.1, -0.05) is 11.6 Å². The summed E-state index contributed by atoms with van der Waals surface area (Å²) in [6.45, 7) is 5.64. The molecule has 2 N–H and O–H groups in total. The minimum atomic E-state index is 0.00130. The van der Waals surface area contributed by atoms with Crippen LogP contribution in [0.4, 0.5) is 0 Å². The molecular formula is C8H15ClN2O. The van der Waals surface area contributed by atoms with E-state index in [9.17, 15) is 4.79 Å². The Morgan fingerprint density at radius 3 is 2.58 bits per heavy atom. The van der Waals surface area contributed by atoms with Crippen molar-refractivity contribution < 1.29 is 4.79 Å². The van der Waals surface area contributed by atoms with Gasteiger partial charge in [0.1, 0.15) is 0 Å². The van der Waals surface area contributed by atoms with Crippen molar-refractivity contribution >= 4 is 17.5 Å². The lowest BCUT2D eigenvalue weighted by molar-refractivity contribution is -0.118. The van der Waals surface area contributed by atoms with Crippen molar-refractivity contribution in [1.29, 1.82) is 0 Å². The number of carbonyl (C=O) groups excluding carboxylic acids is 1. The third-order valence-corrected chi connectivity index (χ3v) is 1.64. The molecule has 70 valence electrons. The molecule has 0 aliphatic rings. The average molecular weight is 191 g/mol. The number of hydrogen-bond donors (Lipinski definition) is 2. The van der Waals surface area contributed by atoms with Gasteiger partial charge in [-0.3, -0.25) is 4.79 Å². The molecule has 0 saturated heterocycles. The molecule has 0 saturated carbocycles. The Kier molecular flexibility index (Phi) is 6.81. The van der Waals surface area contributed by atoms with E-state index in [0.29, 0.717) is 6.54 Å². The highest BCUT2D eigenvalue weighted by Gasteiger charge is 1.90. The van der Waals surface area contributed by atoms with Crippen LogP contribution in [0.5, 0.6) is 0 Å². The molecule has 0 aliphatic carbocycles. The summed E-state index contributed by atoms with van der Waals surface area (Å²) in [5.74, 6) is 0.00130. The van der Waals surface area contributed by atoms with Crippen LogP contribution >= 0.6 is 11.6 Å². The largest absolute Gasteiger partial charge is 0.355 e. The summed E-state index contributed by atoms with van der Waals surface area (Å²) >= 11 is 5.44. The third kappa shape index (κ3) is 7.57. The van der Waals surface area contributed by atoms with Crippen molar-refractivity contribution in [2.45, 2.75) is 13.8 Å². The first-order valence-electron chi connectivity index (χ1n) is 3.88. The summed E-state index contributed by atoms with van der Waals surface area (Å²) in [5.41, 5.74) is 2.63. The van der Waals surface area contributed by atoms with Crippen LogP contribution in [0.2, 0.25) is 0 Å². The zero-order valence-corrected chi connectivity index (χ0v) is 8.24. The molecule has 0 rings (SSSR count). The van der Waals surface area contributed by atoms with E-state index >= 15 is 0 Å². The second kappa shape index (κ2) is 7.13. The van der Waals surface area contributed by atoms with E-state index in [1.165, 1.54) is 6.92 Å². The molecule has 0 fully saturated rings. The van der Waals surface area contributed by atoms with Crippen molar-refractivity contribution in [3.05, 3.63) is 11.1 Å². The number of rotatable bonds is 5. The lowest BCUT2D eigenvalue weighted by Gasteiger charge is -2.04. The lowest BCUT2D eigenvalue weighted by atomic mass is 10.3. The number of carbonyl (C=O) groups is 1. The molecule has 0 unspecified atom stereocenters. The Balaban J connectivity index is 3.16. The summed E-state index contributed by atoms with van der Waals surface area (Å²) in [5, 5.41) is 5.81. The Labute approximate surface area is 78.2 Å². The minimum absolute atomic E-state index is 0.00130. The van der Waals surface area contributed by atoms with Crippen LogP contribution in [-0.4, -0.2) is 25.5 Å². The highest BCUT2D eigenvalue weighted by molar-refractivity contribution is 6.25. The Morgan fingerprint density at radius 2 is 2.08 bits per heavy atom. The number of hydrogen-bond acceptors (Lipinski definition) is 2. The molecule has 1 amide bonds. The monoisotopic (exact) mass is 190 g/mol. The number of amides is 1. The van der Waals surface area contributed by atoms with E-state index in [2.05, 4.69) is 10.6 Å². The van der Waals surface area contributed by atoms with Crippen molar-refractivity contribution in [3.63, 3.8) is 0 Å². The molecule has 3 nitrogen and oxygen atoms in total. The van der Waals surface area contributed by atoms with E-state index in [1.54, 1.807) is 5.54 Å².